The van der Waals surface area contributed by atoms with Crippen LogP contribution in [0, 0.1) is 5.82 Å². The average Bonchev–Trinajstić information content (AvgIpc) is 3.07. The molecule has 7 nitrogen and oxygen atoms in total. The van der Waals surface area contributed by atoms with Crippen molar-refractivity contribution in [2.24, 2.45) is 0 Å². The molecule has 5 rings (SSSR count). The van der Waals surface area contributed by atoms with Crippen LogP contribution in [-0.2, 0) is 6.54 Å². The maximum atomic E-state index is 13.4. The molecule has 0 bridgehead atoms. The minimum Gasteiger partial charge on any atom is -0.373 e. The lowest BCUT2D eigenvalue weighted by atomic mass is 10.1. The third kappa shape index (κ3) is 3.35. The first-order valence-electron chi connectivity index (χ1n) is 9.98. The topological polar surface area (TPSA) is 70.0 Å². The van der Waals surface area contributed by atoms with Crippen LogP contribution >= 0.6 is 0 Å². The van der Waals surface area contributed by atoms with Crippen molar-refractivity contribution in [3.63, 3.8) is 0 Å². The normalized spacial score (nSPS) is 14.1. The fraction of sp³-hybridized carbons (Fsp3) is 0.174. The van der Waals surface area contributed by atoms with Gasteiger partial charge in [0, 0.05) is 44.1 Å². The van der Waals surface area contributed by atoms with Gasteiger partial charge in [0.2, 0.25) is 0 Å². The number of hydrogen-bond acceptors (Lipinski definition) is 5. The van der Waals surface area contributed by atoms with Crippen molar-refractivity contribution in [3.05, 3.63) is 88.7 Å². The van der Waals surface area contributed by atoms with Gasteiger partial charge in [-0.15, -0.1) is 0 Å². The number of aromatic nitrogens is 4. The second kappa shape index (κ2) is 7.39. The van der Waals surface area contributed by atoms with E-state index in [0.717, 1.165) is 29.2 Å². The Balaban J connectivity index is 1.64. The predicted molar refractivity (Wildman–Crippen MR) is 119 cm³/mol. The summed E-state index contributed by atoms with van der Waals surface area (Å²) in [5, 5.41) is 0. The summed E-state index contributed by atoms with van der Waals surface area (Å²) in [6.45, 7) is 6.27. The van der Waals surface area contributed by atoms with Gasteiger partial charge < -0.3 is 9.80 Å². The fourth-order valence-electron chi connectivity index (χ4n) is 3.88. The molecule has 1 aromatic carbocycles. The van der Waals surface area contributed by atoms with Gasteiger partial charge in [-0.25, -0.2) is 23.7 Å². The number of likely N-dealkylation sites (N-methyl/N-ethyl adjacent to an activating group) is 1. The van der Waals surface area contributed by atoms with Crippen molar-refractivity contribution in [2.45, 2.75) is 6.54 Å². The van der Waals surface area contributed by atoms with Gasteiger partial charge in [-0.1, -0.05) is 18.7 Å². The highest BCUT2D eigenvalue weighted by atomic mass is 19.1. The van der Waals surface area contributed by atoms with E-state index in [1.165, 1.54) is 16.7 Å². The summed E-state index contributed by atoms with van der Waals surface area (Å²) in [7, 11) is 2.00. The largest absolute Gasteiger partial charge is 0.373 e. The van der Waals surface area contributed by atoms with Crippen LogP contribution in [0.25, 0.3) is 22.7 Å². The van der Waals surface area contributed by atoms with E-state index in [9.17, 15) is 9.18 Å². The third-order valence-electron chi connectivity index (χ3n) is 5.61. The molecule has 0 unspecified atom stereocenters. The minimum absolute atomic E-state index is 0.263. The molecule has 156 valence electrons. The van der Waals surface area contributed by atoms with Crippen LogP contribution in [0.2, 0.25) is 0 Å². The minimum atomic E-state index is -0.296. The molecule has 0 amide bonds. The number of anilines is 1. The van der Waals surface area contributed by atoms with E-state index in [-0.39, 0.29) is 11.5 Å². The number of hydrogen-bond donors (Lipinski definition) is 1. The number of rotatable bonds is 3. The second-order valence-corrected chi connectivity index (χ2v) is 7.59. The number of benzene rings is 1. The van der Waals surface area contributed by atoms with Crippen LogP contribution in [0.4, 0.5) is 10.2 Å². The first kappa shape index (κ1) is 19.0. The van der Waals surface area contributed by atoms with E-state index in [1.807, 2.05) is 25.2 Å². The van der Waals surface area contributed by atoms with E-state index in [0.29, 0.717) is 30.1 Å². The molecule has 31 heavy (non-hydrogen) atoms. The highest BCUT2D eigenvalue weighted by molar-refractivity contribution is 5.76. The van der Waals surface area contributed by atoms with Crippen LogP contribution in [0.5, 0.6) is 0 Å². The van der Waals surface area contributed by atoms with Crippen LogP contribution in [0.15, 0.2) is 66.1 Å². The number of aromatic amines is 1. The van der Waals surface area contributed by atoms with Crippen LogP contribution in [0.1, 0.15) is 11.1 Å². The van der Waals surface area contributed by atoms with Crippen molar-refractivity contribution < 1.29 is 4.39 Å². The number of nitrogens with zero attached hydrogens (tertiary/aromatic N) is 5. The molecule has 0 radical (unpaired) electrons. The zero-order valence-electron chi connectivity index (χ0n) is 17.0. The van der Waals surface area contributed by atoms with Crippen molar-refractivity contribution >= 4 is 22.7 Å². The molecular formula is C23H21FN6O. The molecule has 0 fully saturated rings. The Bertz CT molecular complexity index is 1340. The summed E-state index contributed by atoms with van der Waals surface area (Å²) < 4.78 is 14.9. The average molecular weight is 416 g/mol. The van der Waals surface area contributed by atoms with Crippen molar-refractivity contribution in [1.82, 2.24) is 24.4 Å². The Labute approximate surface area is 178 Å². The molecule has 0 saturated heterocycles. The van der Waals surface area contributed by atoms with E-state index in [2.05, 4.69) is 26.3 Å². The number of imidazole rings is 1. The zero-order chi connectivity index (χ0) is 21.5. The SMILES string of the molecule is C=C1c2ccc(-n3c(=O)[nH]c4ncccc43)nc2N(Cc2ccc(F)cc2)CCN1C. The highest BCUT2D eigenvalue weighted by Gasteiger charge is 2.23. The van der Waals surface area contributed by atoms with Gasteiger partial charge in [-0.2, -0.15) is 0 Å². The zero-order valence-corrected chi connectivity index (χ0v) is 17.0. The van der Waals surface area contributed by atoms with E-state index in [1.54, 1.807) is 24.4 Å². The smallest absolute Gasteiger partial charge is 0.333 e. The second-order valence-electron chi connectivity index (χ2n) is 7.59. The molecule has 0 aliphatic carbocycles. The van der Waals surface area contributed by atoms with E-state index < -0.39 is 0 Å². The van der Waals surface area contributed by atoms with Gasteiger partial charge >= 0.3 is 5.69 Å². The first-order valence-corrected chi connectivity index (χ1v) is 9.98. The highest BCUT2D eigenvalue weighted by Crippen LogP contribution is 2.31. The number of halogens is 1. The maximum absolute atomic E-state index is 13.4. The van der Waals surface area contributed by atoms with Gasteiger partial charge in [-0.3, -0.25) is 4.98 Å². The predicted octanol–water partition coefficient (Wildman–Crippen LogP) is 3.17. The molecule has 0 spiro atoms. The molecule has 8 heteroatoms. The van der Waals surface area contributed by atoms with Crippen LogP contribution in [-0.4, -0.2) is 44.6 Å². The van der Waals surface area contributed by atoms with Gasteiger partial charge in [0.25, 0.3) is 0 Å². The first-order chi connectivity index (χ1) is 15.0. The lowest BCUT2D eigenvalue weighted by molar-refractivity contribution is 0.489. The van der Waals surface area contributed by atoms with Crippen molar-refractivity contribution in [3.8, 4) is 5.82 Å². The van der Waals surface area contributed by atoms with Gasteiger partial charge in [-0.05, 0) is 42.0 Å². The number of fused-ring (bicyclic) bond motifs is 2. The number of nitrogens with one attached hydrogen (secondary N) is 1. The summed E-state index contributed by atoms with van der Waals surface area (Å²) in [5.74, 6) is 0.978. The lowest BCUT2D eigenvalue weighted by Crippen LogP contribution is -2.30. The van der Waals surface area contributed by atoms with Gasteiger partial charge in [0.05, 0.1) is 5.52 Å². The standard InChI is InChI=1S/C23H21FN6O/c1-15-18-9-10-20(30-19-4-3-11-25-21(19)27-23(30)31)26-22(18)29(13-12-28(15)2)14-16-5-7-17(24)8-6-16/h3-11H,1,12-14H2,2H3,(H,25,27,31). The molecule has 1 aliphatic heterocycles. The number of pyridine rings is 2. The summed E-state index contributed by atoms with van der Waals surface area (Å²) in [6.07, 6.45) is 1.64. The molecule has 1 N–H and O–H groups in total. The molecule has 1 aliphatic rings. The maximum Gasteiger partial charge on any atom is 0.333 e. The van der Waals surface area contributed by atoms with E-state index >= 15 is 0 Å². The van der Waals surface area contributed by atoms with E-state index in [4.69, 9.17) is 4.98 Å². The Morgan fingerprint density at radius 3 is 2.74 bits per heavy atom. The lowest BCUT2D eigenvalue weighted by Gasteiger charge is -2.24. The Morgan fingerprint density at radius 2 is 1.94 bits per heavy atom. The fourth-order valence-corrected chi connectivity index (χ4v) is 3.88. The van der Waals surface area contributed by atoms with Crippen LogP contribution in [0.3, 0.4) is 0 Å². The quantitative estimate of drug-likeness (QED) is 0.556. The third-order valence-corrected chi connectivity index (χ3v) is 5.61. The molecule has 3 aromatic heterocycles. The molecular weight excluding hydrogens is 395 g/mol. The Morgan fingerprint density at radius 1 is 1.13 bits per heavy atom. The van der Waals surface area contributed by atoms with Gasteiger partial charge in [0.15, 0.2) is 5.65 Å². The summed E-state index contributed by atoms with van der Waals surface area (Å²) in [4.78, 5) is 28.8. The van der Waals surface area contributed by atoms with Crippen molar-refractivity contribution in [2.75, 3.05) is 25.0 Å². The molecule has 4 heterocycles. The summed E-state index contributed by atoms with van der Waals surface area (Å²) in [6, 6.07) is 13.9. The van der Waals surface area contributed by atoms with Crippen LogP contribution < -0.4 is 10.6 Å². The summed E-state index contributed by atoms with van der Waals surface area (Å²) >= 11 is 0. The Hall–Kier alpha value is -3.94. The summed E-state index contributed by atoms with van der Waals surface area (Å²) in [5.41, 5.74) is 3.62. The number of H-pyrrole nitrogens is 1. The molecule has 4 aromatic rings. The molecule has 0 saturated carbocycles. The monoisotopic (exact) mass is 416 g/mol. The Kier molecular flexibility index (Phi) is 4.54. The van der Waals surface area contributed by atoms with Crippen molar-refractivity contribution in [1.29, 1.82) is 0 Å². The van der Waals surface area contributed by atoms with Gasteiger partial charge in [0.1, 0.15) is 17.5 Å². The molecule has 0 atom stereocenters.